The number of benzene rings is 1. The van der Waals surface area contributed by atoms with Crippen molar-refractivity contribution in [1.82, 2.24) is 9.97 Å². The van der Waals surface area contributed by atoms with E-state index in [1.165, 1.54) is 6.20 Å². The Morgan fingerprint density at radius 1 is 1.15 bits per heavy atom. The number of pyridine rings is 2. The molecule has 0 atom stereocenters. The number of hydrogen-bond donors (Lipinski definition) is 2. The molecule has 0 unspecified atom stereocenters. The summed E-state index contributed by atoms with van der Waals surface area (Å²) in [5.41, 5.74) is 6.93. The number of fused-ring (bicyclic) bond motifs is 1. The lowest BCUT2D eigenvalue weighted by Crippen LogP contribution is -2.12. The average Bonchev–Trinajstić information content (AvgIpc) is 2.47. The smallest absolute Gasteiger partial charge is 0.156 e. The molecular formula is C15H12N4O. The van der Waals surface area contributed by atoms with E-state index in [2.05, 4.69) is 9.97 Å². The molecule has 0 fully saturated rings. The van der Waals surface area contributed by atoms with Crippen LogP contribution in [0.5, 0.6) is 11.5 Å². The van der Waals surface area contributed by atoms with Gasteiger partial charge in [0.05, 0.1) is 23.5 Å². The van der Waals surface area contributed by atoms with Crippen molar-refractivity contribution in [2.45, 2.75) is 0 Å². The molecule has 0 bridgehead atoms. The summed E-state index contributed by atoms with van der Waals surface area (Å²) in [5.74, 6) is 0.965. The first-order chi connectivity index (χ1) is 9.74. The van der Waals surface area contributed by atoms with Crippen molar-refractivity contribution in [2.75, 3.05) is 0 Å². The van der Waals surface area contributed by atoms with Crippen molar-refractivity contribution in [3.05, 3.63) is 60.6 Å². The number of rotatable bonds is 3. The minimum atomic E-state index is -0.0591. The van der Waals surface area contributed by atoms with Crippen molar-refractivity contribution in [2.24, 2.45) is 5.73 Å². The predicted molar refractivity (Wildman–Crippen MR) is 77.1 cm³/mol. The van der Waals surface area contributed by atoms with Gasteiger partial charge in [-0.15, -0.1) is 0 Å². The Morgan fingerprint density at radius 2 is 2.00 bits per heavy atom. The highest BCUT2D eigenvalue weighted by Crippen LogP contribution is 2.25. The molecule has 1 aromatic carbocycles. The van der Waals surface area contributed by atoms with Gasteiger partial charge in [-0.3, -0.25) is 15.4 Å². The third-order valence-corrected chi connectivity index (χ3v) is 2.87. The second-order valence-electron chi connectivity index (χ2n) is 4.25. The van der Waals surface area contributed by atoms with Crippen LogP contribution in [0.25, 0.3) is 10.9 Å². The van der Waals surface area contributed by atoms with E-state index in [0.717, 1.165) is 10.9 Å². The maximum atomic E-state index is 7.53. The summed E-state index contributed by atoms with van der Waals surface area (Å²) in [7, 11) is 0. The lowest BCUT2D eigenvalue weighted by Gasteiger charge is -2.09. The van der Waals surface area contributed by atoms with Gasteiger partial charge >= 0.3 is 0 Å². The zero-order valence-electron chi connectivity index (χ0n) is 10.6. The summed E-state index contributed by atoms with van der Waals surface area (Å²) in [6.45, 7) is 0. The lowest BCUT2D eigenvalue weighted by atomic mass is 10.2. The van der Waals surface area contributed by atoms with Crippen LogP contribution < -0.4 is 10.5 Å². The molecule has 5 heteroatoms. The fraction of sp³-hybridized carbons (Fsp3) is 0. The van der Waals surface area contributed by atoms with Gasteiger partial charge in [0.2, 0.25) is 0 Å². The molecule has 0 spiro atoms. The minimum absolute atomic E-state index is 0.0591. The lowest BCUT2D eigenvalue weighted by molar-refractivity contribution is 0.478. The van der Waals surface area contributed by atoms with Crippen LogP contribution in [-0.4, -0.2) is 15.8 Å². The highest BCUT2D eigenvalue weighted by Gasteiger charge is 2.08. The number of amidine groups is 1. The Labute approximate surface area is 115 Å². The molecule has 0 saturated carbocycles. The summed E-state index contributed by atoms with van der Waals surface area (Å²) in [6.07, 6.45) is 4.74. The maximum Gasteiger partial charge on any atom is 0.156 e. The Bertz CT molecular complexity index is 785. The van der Waals surface area contributed by atoms with Crippen LogP contribution >= 0.6 is 0 Å². The molecule has 0 aliphatic heterocycles. The van der Waals surface area contributed by atoms with Crippen molar-refractivity contribution in [1.29, 1.82) is 5.41 Å². The minimum Gasteiger partial charge on any atom is -0.453 e. The van der Waals surface area contributed by atoms with Crippen LogP contribution in [-0.2, 0) is 0 Å². The van der Waals surface area contributed by atoms with E-state index < -0.39 is 0 Å². The average molecular weight is 264 g/mol. The molecule has 20 heavy (non-hydrogen) atoms. The molecular weight excluding hydrogens is 252 g/mol. The Balaban J connectivity index is 1.99. The SMILES string of the molecule is N=C(N)c1ccncc1Oc1cnc2ccccc2c1. The van der Waals surface area contributed by atoms with E-state index in [4.69, 9.17) is 15.9 Å². The largest absolute Gasteiger partial charge is 0.453 e. The number of nitrogens with zero attached hydrogens (tertiary/aromatic N) is 2. The van der Waals surface area contributed by atoms with Gasteiger partial charge in [-0.05, 0) is 18.2 Å². The van der Waals surface area contributed by atoms with Crippen molar-refractivity contribution in [3.8, 4) is 11.5 Å². The van der Waals surface area contributed by atoms with Crippen LogP contribution in [0, 0.1) is 5.41 Å². The Kier molecular flexibility index (Phi) is 3.01. The summed E-state index contributed by atoms with van der Waals surface area (Å²) >= 11 is 0. The fourth-order valence-corrected chi connectivity index (χ4v) is 1.92. The van der Waals surface area contributed by atoms with E-state index >= 15 is 0 Å². The van der Waals surface area contributed by atoms with Crippen LogP contribution in [0.3, 0.4) is 0 Å². The summed E-state index contributed by atoms with van der Waals surface area (Å²) in [4.78, 5) is 8.31. The number of nitrogen functional groups attached to an aromatic ring is 1. The molecule has 98 valence electrons. The zero-order chi connectivity index (χ0) is 13.9. The first kappa shape index (κ1) is 12.1. The number of nitrogens with two attached hydrogens (primary N) is 1. The Morgan fingerprint density at radius 3 is 2.85 bits per heavy atom. The number of para-hydroxylation sites is 1. The van der Waals surface area contributed by atoms with Crippen LogP contribution in [0.2, 0.25) is 0 Å². The van der Waals surface area contributed by atoms with Crippen molar-refractivity contribution >= 4 is 16.7 Å². The monoisotopic (exact) mass is 264 g/mol. The molecule has 3 rings (SSSR count). The summed E-state index contributed by atoms with van der Waals surface area (Å²) < 4.78 is 5.73. The predicted octanol–water partition coefficient (Wildman–Crippen LogP) is 2.71. The maximum absolute atomic E-state index is 7.53. The topological polar surface area (TPSA) is 84.9 Å². The van der Waals surface area contributed by atoms with Crippen molar-refractivity contribution in [3.63, 3.8) is 0 Å². The zero-order valence-corrected chi connectivity index (χ0v) is 10.6. The molecule has 3 aromatic rings. The van der Waals surface area contributed by atoms with Gasteiger partial charge in [-0.25, -0.2) is 0 Å². The second-order valence-corrected chi connectivity index (χ2v) is 4.25. The fourth-order valence-electron chi connectivity index (χ4n) is 1.92. The van der Waals surface area contributed by atoms with Crippen molar-refractivity contribution < 1.29 is 4.74 Å². The first-order valence-electron chi connectivity index (χ1n) is 6.05. The van der Waals surface area contributed by atoms with Crippen LogP contribution in [0.1, 0.15) is 5.56 Å². The van der Waals surface area contributed by atoms with Gasteiger partial charge in [-0.2, -0.15) is 0 Å². The van der Waals surface area contributed by atoms with E-state index in [1.54, 1.807) is 18.5 Å². The second kappa shape index (κ2) is 4.97. The number of ether oxygens (including phenoxy) is 1. The number of aromatic nitrogens is 2. The van der Waals surface area contributed by atoms with E-state index in [-0.39, 0.29) is 5.84 Å². The molecule has 0 amide bonds. The summed E-state index contributed by atoms with van der Waals surface area (Å²) in [6, 6.07) is 11.3. The van der Waals surface area contributed by atoms with E-state index in [9.17, 15) is 0 Å². The summed E-state index contributed by atoms with van der Waals surface area (Å²) in [5, 5.41) is 8.51. The standard InChI is InChI=1S/C15H12N4O/c16-15(17)12-5-6-18-9-14(12)20-11-7-10-3-1-2-4-13(10)19-8-11/h1-9H,(H3,16,17). The van der Waals surface area contributed by atoms with Crippen LogP contribution in [0.4, 0.5) is 0 Å². The molecule has 0 aliphatic carbocycles. The van der Waals surface area contributed by atoms with Gasteiger partial charge in [0.1, 0.15) is 11.6 Å². The molecule has 5 nitrogen and oxygen atoms in total. The third-order valence-electron chi connectivity index (χ3n) is 2.87. The van der Waals surface area contributed by atoms with E-state index in [0.29, 0.717) is 17.1 Å². The molecule has 0 aliphatic rings. The quantitative estimate of drug-likeness (QED) is 0.562. The first-order valence-corrected chi connectivity index (χ1v) is 6.05. The highest BCUT2D eigenvalue weighted by atomic mass is 16.5. The van der Waals surface area contributed by atoms with E-state index in [1.807, 2.05) is 30.3 Å². The molecule has 0 saturated heterocycles. The molecule has 2 heterocycles. The highest BCUT2D eigenvalue weighted by molar-refractivity contribution is 5.97. The molecule has 0 radical (unpaired) electrons. The van der Waals surface area contributed by atoms with Gasteiger partial charge < -0.3 is 10.5 Å². The number of hydrogen-bond acceptors (Lipinski definition) is 4. The van der Waals surface area contributed by atoms with Crippen LogP contribution in [0.15, 0.2) is 55.0 Å². The number of nitrogens with one attached hydrogen (secondary N) is 1. The molecule has 2 aromatic heterocycles. The third kappa shape index (κ3) is 2.29. The van der Waals surface area contributed by atoms with Gasteiger partial charge in [0, 0.05) is 11.6 Å². The van der Waals surface area contributed by atoms with Gasteiger partial charge in [0.25, 0.3) is 0 Å². The normalized spacial score (nSPS) is 10.4. The Hall–Kier alpha value is -2.95. The molecule has 3 N–H and O–H groups in total. The van der Waals surface area contributed by atoms with Gasteiger partial charge in [-0.1, -0.05) is 18.2 Å². The van der Waals surface area contributed by atoms with Gasteiger partial charge in [0.15, 0.2) is 5.75 Å².